The predicted molar refractivity (Wildman–Crippen MR) is 96.9 cm³/mol. The van der Waals surface area contributed by atoms with Crippen molar-refractivity contribution in [2.75, 3.05) is 13.1 Å². The van der Waals surface area contributed by atoms with Crippen molar-refractivity contribution in [3.05, 3.63) is 39.9 Å². The Balaban J connectivity index is 1.63. The molecule has 2 heterocycles. The molecule has 2 amide bonds. The first kappa shape index (κ1) is 17.7. The predicted octanol–water partition coefficient (Wildman–Crippen LogP) is 3.40. The lowest BCUT2D eigenvalue weighted by molar-refractivity contribution is -0.137. The van der Waals surface area contributed by atoms with Gasteiger partial charge in [0, 0.05) is 36.4 Å². The van der Waals surface area contributed by atoms with Crippen molar-refractivity contribution in [1.29, 1.82) is 0 Å². The Bertz CT molecular complexity index is 793. The van der Waals surface area contributed by atoms with Crippen LogP contribution in [0.25, 0.3) is 10.6 Å². The van der Waals surface area contributed by atoms with Gasteiger partial charge >= 0.3 is 12.0 Å². The number of nitrogens with one attached hydrogen (secondary N) is 1. The Morgan fingerprint density at radius 2 is 2.16 bits per heavy atom. The highest BCUT2D eigenvalue weighted by Gasteiger charge is 2.24. The number of carbonyl (C=O) groups is 2. The number of carbonyl (C=O) groups excluding carboxylic acids is 1. The van der Waals surface area contributed by atoms with Crippen LogP contribution in [0.4, 0.5) is 4.79 Å². The summed E-state index contributed by atoms with van der Waals surface area (Å²) in [6.45, 7) is 1.48. The van der Waals surface area contributed by atoms with Crippen LogP contribution in [-0.2, 0) is 17.8 Å². The maximum atomic E-state index is 12.2. The monoisotopic (exact) mass is 379 g/mol. The van der Waals surface area contributed by atoms with E-state index in [1.807, 2.05) is 24.3 Å². The fourth-order valence-electron chi connectivity index (χ4n) is 2.67. The van der Waals surface area contributed by atoms with E-state index < -0.39 is 5.97 Å². The number of thiazole rings is 1. The Hall–Kier alpha value is -2.12. The summed E-state index contributed by atoms with van der Waals surface area (Å²) in [4.78, 5) is 30.2. The van der Waals surface area contributed by atoms with E-state index in [4.69, 9.17) is 16.7 Å². The first-order chi connectivity index (χ1) is 12.0. The zero-order valence-corrected chi connectivity index (χ0v) is 15.1. The van der Waals surface area contributed by atoms with Crippen molar-refractivity contribution in [2.24, 2.45) is 0 Å². The molecule has 1 aliphatic heterocycles. The molecule has 25 heavy (non-hydrogen) atoms. The average molecular weight is 380 g/mol. The maximum Gasteiger partial charge on any atom is 0.317 e. The number of amides is 2. The lowest BCUT2D eigenvalue weighted by atomic mass is 10.2. The maximum absolute atomic E-state index is 12.2. The van der Waals surface area contributed by atoms with Gasteiger partial charge in [0.15, 0.2) is 0 Å². The van der Waals surface area contributed by atoms with Gasteiger partial charge in [-0.15, -0.1) is 11.3 Å². The Kier molecular flexibility index (Phi) is 5.55. The Morgan fingerprint density at radius 1 is 1.36 bits per heavy atom. The first-order valence-electron chi connectivity index (χ1n) is 8.02. The summed E-state index contributed by atoms with van der Waals surface area (Å²) in [5.74, 6) is -0.853. The van der Waals surface area contributed by atoms with Gasteiger partial charge < -0.3 is 15.3 Å². The third kappa shape index (κ3) is 4.29. The van der Waals surface area contributed by atoms with Crippen molar-refractivity contribution in [3.8, 4) is 10.6 Å². The van der Waals surface area contributed by atoms with Crippen LogP contribution in [0.15, 0.2) is 24.3 Å². The van der Waals surface area contributed by atoms with Crippen LogP contribution in [0, 0.1) is 0 Å². The number of halogens is 1. The quantitative estimate of drug-likeness (QED) is 0.780. The highest BCUT2D eigenvalue weighted by atomic mass is 35.5. The Morgan fingerprint density at radius 3 is 2.92 bits per heavy atom. The van der Waals surface area contributed by atoms with Gasteiger partial charge in [-0.1, -0.05) is 29.8 Å². The minimum absolute atomic E-state index is 0.0560. The van der Waals surface area contributed by atoms with E-state index in [2.05, 4.69) is 10.3 Å². The zero-order chi connectivity index (χ0) is 17.8. The third-order valence-corrected chi connectivity index (χ3v) is 5.41. The zero-order valence-electron chi connectivity index (χ0n) is 13.5. The number of fused-ring (bicyclic) bond motifs is 1. The second-order valence-electron chi connectivity index (χ2n) is 5.77. The number of benzene rings is 1. The lowest BCUT2D eigenvalue weighted by Crippen LogP contribution is -2.42. The van der Waals surface area contributed by atoms with E-state index in [-0.39, 0.29) is 12.5 Å². The molecule has 2 N–H and O–H groups in total. The van der Waals surface area contributed by atoms with Crippen LogP contribution in [-0.4, -0.2) is 40.1 Å². The first-order valence-corrected chi connectivity index (χ1v) is 9.22. The molecule has 0 aliphatic carbocycles. The number of rotatable bonds is 5. The summed E-state index contributed by atoms with van der Waals surface area (Å²) < 4.78 is 0. The van der Waals surface area contributed by atoms with Crippen LogP contribution in [0.5, 0.6) is 0 Å². The van der Waals surface area contributed by atoms with Crippen molar-refractivity contribution >= 4 is 34.9 Å². The minimum Gasteiger partial charge on any atom is -0.481 e. The Labute approximate surface area is 154 Å². The molecule has 132 valence electrons. The standard InChI is InChI=1S/C17H18ClN3O3S/c18-12-5-2-1-4-11(12)16-20-13-7-9-21(10-14(13)25-16)17(24)19-8-3-6-15(22)23/h1-2,4-5H,3,6-10H2,(H,19,24)(H,22,23). The van der Waals surface area contributed by atoms with Crippen molar-refractivity contribution in [2.45, 2.75) is 25.8 Å². The molecule has 1 aliphatic rings. The fraction of sp³-hybridized carbons (Fsp3) is 0.353. The molecule has 0 unspecified atom stereocenters. The lowest BCUT2D eigenvalue weighted by Gasteiger charge is -2.26. The third-order valence-electron chi connectivity index (χ3n) is 3.97. The number of aromatic nitrogens is 1. The molecule has 1 aromatic carbocycles. The number of urea groups is 1. The highest BCUT2D eigenvalue weighted by Crippen LogP contribution is 2.35. The molecule has 1 aromatic heterocycles. The van der Waals surface area contributed by atoms with Gasteiger partial charge in [0.2, 0.25) is 0 Å². The number of hydrogen-bond donors (Lipinski definition) is 2. The van der Waals surface area contributed by atoms with E-state index in [1.54, 1.807) is 16.2 Å². The minimum atomic E-state index is -0.853. The molecular weight excluding hydrogens is 362 g/mol. The fourth-order valence-corrected chi connectivity index (χ4v) is 4.11. The van der Waals surface area contributed by atoms with Crippen LogP contribution in [0.1, 0.15) is 23.4 Å². The van der Waals surface area contributed by atoms with E-state index in [9.17, 15) is 9.59 Å². The van der Waals surface area contributed by atoms with E-state index in [0.29, 0.717) is 37.5 Å². The average Bonchev–Trinajstić information content (AvgIpc) is 3.01. The number of aliphatic carboxylic acids is 1. The molecule has 0 bridgehead atoms. The van der Waals surface area contributed by atoms with Crippen molar-refractivity contribution in [3.63, 3.8) is 0 Å². The van der Waals surface area contributed by atoms with Gasteiger partial charge in [-0.25, -0.2) is 9.78 Å². The highest BCUT2D eigenvalue weighted by molar-refractivity contribution is 7.15. The normalized spacial score (nSPS) is 13.4. The van der Waals surface area contributed by atoms with Gasteiger partial charge in [-0.3, -0.25) is 4.79 Å². The van der Waals surface area contributed by atoms with Crippen LogP contribution in [0.3, 0.4) is 0 Å². The van der Waals surface area contributed by atoms with Crippen LogP contribution >= 0.6 is 22.9 Å². The largest absolute Gasteiger partial charge is 0.481 e. The smallest absolute Gasteiger partial charge is 0.317 e. The molecular formula is C17H18ClN3O3S. The molecule has 0 atom stereocenters. The topological polar surface area (TPSA) is 82.5 Å². The summed E-state index contributed by atoms with van der Waals surface area (Å²) in [7, 11) is 0. The summed E-state index contributed by atoms with van der Waals surface area (Å²) in [6, 6.07) is 7.44. The van der Waals surface area contributed by atoms with Gasteiger partial charge in [-0.2, -0.15) is 0 Å². The van der Waals surface area contributed by atoms with Gasteiger partial charge in [-0.05, 0) is 12.5 Å². The van der Waals surface area contributed by atoms with Gasteiger partial charge in [0.1, 0.15) is 5.01 Å². The number of carboxylic acids is 1. The van der Waals surface area contributed by atoms with Crippen molar-refractivity contribution < 1.29 is 14.7 Å². The molecule has 0 saturated heterocycles. The molecule has 0 fully saturated rings. The summed E-state index contributed by atoms with van der Waals surface area (Å²) in [6.07, 6.45) is 1.19. The molecule has 3 rings (SSSR count). The number of nitrogens with zero attached hydrogens (tertiary/aromatic N) is 2. The summed E-state index contributed by atoms with van der Waals surface area (Å²) in [5.41, 5.74) is 1.93. The summed E-state index contributed by atoms with van der Waals surface area (Å²) >= 11 is 7.81. The number of hydrogen-bond acceptors (Lipinski definition) is 4. The molecule has 0 radical (unpaired) electrons. The molecule has 8 heteroatoms. The second kappa shape index (κ2) is 7.84. The number of carboxylic acid groups (broad SMARTS) is 1. The molecule has 0 saturated carbocycles. The van der Waals surface area contributed by atoms with Crippen molar-refractivity contribution in [1.82, 2.24) is 15.2 Å². The van der Waals surface area contributed by atoms with Gasteiger partial charge in [0.25, 0.3) is 0 Å². The van der Waals surface area contributed by atoms with Gasteiger partial charge in [0.05, 0.1) is 17.3 Å². The van der Waals surface area contributed by atoms with E-state index >= 15 is 0 Å². The van der Waals surface area contributed by atoms with E-state index in [0.717, 1.165) is 21.1 Å². The second-order valence-corrected chi connectivity index (χ2v) is 7.26. The summed E-state index contributed by atoms with van der Waals surface area (Å²) in [5, 5.41) is 12.9. The molecule has 2 aromatic rings. The van der Waals surface area contributed by atoms with E-state index in [1.165, 1.54) is 0 Å². The van der Waals surface area contributed by atoms with Crippen LogP contribution in [0.2, 0.25) is 5.02 Å². The molecule has 0 spiro atoms. The molecule has 6 nitrogen and oxygen atoms in total. The SMILES string of the molecule is O=C(O)CCCNC(=O)N1CCc2nc(-c3ccccc3Cl)sc2C1. The van der Waals surface area contributed by atoms with Crippen LogP contribution < -0.4 is 5.32 Å².